The highest BCUT2D eigenvalue weighted by Crippen LogP contribution is 2.25. The van der Waals surface area contributed by atoms with Crippen molar-refractivity contribution in [1.82, 2.24) is 14.6 Å². The van der Waals surface area contributed by atoms with Crippen molar-refractivity contribution in [2.24, 2.45) is 5.73 Å². The summed E-state index contributed by atoms with van der Waals surface area (Å²) in [6.07, 6.45) is 2.82. The topological polar surface area (TPSA) is 65.4 Å². The van der Waals surface area contributed by atoms with E-state index in [0.29, 0.717) is 27.9 Å². The van der Waals surface area contributed by atoms with Crippen LogP contribution in [0.1, 0.15) is 16.7 Å². The lowest BCUT2D eigenvalue weighted by Crippen LogP contribution is -2.21. The van der Waals surface area contributed by atoms with Gasteiger partial charge in [-0.25, -0.2) is 13.9 Å². The lowest BCUT2D eigenvalue weighted by Gasteiger charge is -2.10. The summed E-state index contributed by atoms with van der Waals surface area (Å²) < 4.78 is 49.0. The fourth-order valence-electron chi connectivity index (χ4n) is 3.15. The molecule has 0 aliphatic heterocycles. The molecule has 9 heteroatoms. The van der Waals surface area contributed by atoms with Crippen molar-refractivity contribution >= 4 is 17.9 Å². The van der Waals surface area contributed by atoms with Crippen LogP contribution in [0.2, 0.25) is 0 Å². The van der Waals surface area contributed by atoms with Crippen LogP contribution in [0.4, 0.5) is 13.2 Å². The number of hydrogen-bond acceptors (Lipinski definition) is 4. The Morgan fingerprint density at radius 1 is 1.09 bits per heavy atom. The molecule has 0 fully saturated rings. The van der Waals surface area contributed by atoms with Gasteiger partial charge in [0.1, 0.15) is 18.8 Å². The Balaban J connectivity index is 0.00000306. The lowest BCUT2D eigenvalue weighted by molar-refractivity contribution is -0.0385. The Labute approximate surface area is 194 Å². The normalized spacial score (nSPS) is 11.0. The van der Waals surface area contributed by atoms with E-state index >= 15 is 0 Å². The summed E-state index contributed by atoms with van der Waals surface area (Å²) in [4.78, 5) is 4.22. The number of nitrogens with zero attached hydrogens (tertiary/aromatic N) is 3. The van der Waals surface area contributed by atoms with Crippen LogP contribution >= 0.6 is 12.4 Å². The molecule has 2 aromatic carbocycles. The molecular weight excluding hydrogens is 453 g/mol. The summed E-state index contributed by atoms with van der Waals surface area (Å²) >= 11 is 0. The van der Waals surface area contributed by atoms with E-state index < -0.39 is 18.3 Å². The van der Waals surface area contributed by atoms with Crippen LogP contribution in [0.25, 0.3) is 16.8 Å². The molecule has 0 amide bonds. The first-order valence-electron chi connectivity index (χ1n) is 9.80. The van der Waals surface area contributed by atoms with Gasteiger partial charge in [-0.2, -0.15) is 13.9 Å². The molecule has 2 N–H and O–H groups in total. The third-order valence-electron chi connectivity index (χ3n) is 4.74. The van der Waals surface area contributed by atoms with E-state index in [2.05, 4.69) is 16.0 Å². The first-order chi connectivity index (χ1) is 15.4. The first kappa shape index (κ1) is 24.3. The molecule has 0 saturated heterocycles. The van der Waals surface area contributed by atoms with Crippen molar-refractivity contribution < 1.29 is 17.9 Å². The largest absolute Gasteiger partial charge is 0.369 e. The molecule has 2 heterocycles. The monoisotopic (exact) mass is 472 g/mol. The van der Waals surface area contributed by atoms with Gasteiger partial charge in [-0.05, 0) is 23.6 Å². The fourth-order valence-corrected chi connectivity index (χ4v) is 3.15. The number of fused-ring (bicyclic) bond motifs is 1. The smallest absolute Gasteiger partial charge is 0.331 e. The second-order valence-electron chi connectivity index (χ2n) is 7.11. The van der Waals surface area contributed by atoms with E-state index in [9.17, 15) is 13.2 Å². The van der Waals surface area contributed by atoms with Crippen LogP contribution in [0, 0.1) is 17.7 Å². The minimum Gasteiger partial charge on any atom is -0.369 e. The standard InChI is InChI=1S/C24H19F3N4O.ClH/c25-21-11-19(6-7-20(21)12-28)23-22-10-18(13-31(22)30-16-29-23)8-9-24(26,27)15-32-14-17-4-2-1-3-5-17;/h1-7,10-11,13,16H,12,14-15,28H2;1H. The molecule has 4 rings (SSSR count). The molecule has 4 aromatic rings. The van der Waals surface area contributed by atoms with Crippen molar-refractivity contribution in [3.63, 3.8) is 0 Å². The average molecular weight is 473 g/mol. The van der Waals surface area contributed by atoms with Crippen molar-refractivity contribution in [2.45, 2.75) is 19.1 Å². The molecule has 5 nitrogen and oxygen atoms in total. The number of ether oxygens (including phenoxy) is 1. The second kappa shape index (κ2) is 10.5. The Hall–Kier alpha value is -3.38. The van der Waals surface area contributed by atoms with Crippen LogP contribution in [0.5, 0.6) is 0 Å². The molecule has 0 aliphatic rings. The van der Waals surface area contributed by atoms with E-state index in [1.807, 2.05) is 24.1 Å². The number of alkyl halides is 2. The molecule has 0 spiro atoms. The van der Waals surface area contributed by atoms with Crippen molar-refractivity contribution in [2.75, 3.05) is 6.61 Å². The number of benzene rings is 2. The van der Waals surface area contributed by atoms with Crippen LogP contribution < -0.4 is 5.73 Å². The Kier molecular flexibility index (Phi) is 7.71. The van der Waals surface area contributed by atoms with Crippen molar-refractivity contribution in [1.29, 1.82) is 0 Å². The molecular formula is C24H20ClF3N4O. The van der Waals surface area contributed by atoms with Crippen LogP contribution in [0.3, 0.4) is 0 Å². The van der Waals surface area contributed by atoms with Gasteiger partial charge in [-0.15, -0.1) is 12.4 Å². The van der Waals surface area contributed by atoms with Gasteiger partial charge < -0.3 is 10.5 Å². The highest BCUT2D eigenvalue weighted by Gasteiger charge is 2.26. The SMILES string of the molecule is Cl.NCc1ccc(-c2ncnn3cc(C#CC(F)(F)COCc4ccccc4)cc23)cc1F. The predicted molar refractivity (Wildman–Crippen MR) is 121 cm³/mol. The molecule has 0 saturated carbocycles. The van der Waals surface area contributed by atoms with Gasteiger partial charge >= 0.3 is 5.92 Å². The van der Waals surface area contributed by atoms with Crippen molar-refractivity contribution in [3.05, 3.63) is 89.6 Å². The van der Waals surface area contributed by atoms with E-state index in [1.54, 1.807) is 30.3 Å². The quantitative estimate of drug-likeness (QED) is 0.416. The van der Waals surface area contributed by atoms with Gasteiger partial charge in [0, 0.05) is 29.4 Å². The second-order valence-corrected chi connectivity index (χ2v) is 7.11. The molecule has 170 valence electrons. The molecule has 0 atom stereocenters. The molecule has 2 aromatic heterocycles. The molecule has 0 unspecified atom stereocenters. The fraction of sp³-hybridized carbons (Fsp3) is 0.167. The maximum Gasteiger partial charge on any atom is 0.331 e. The summed E-state index contributed by atoms with van der Waals surface area (Å²) in [5, 5.41) is 4.08. The van der Waals surface area contributed by atoms with Crippen molar-refractivity contribution in [3.8, 4) is 23.1 Å². The third-order valence-corrected chi connectivity index (χ3v) is 4.74. The summed E-state index contributed by atoms with van der Waals surface area (Å²) in [7, 11) is 0. The highest BCUT2D eigenvalue weighted by molar-refractivity contribution is 5.85. The summed E-state index contributed by atoms with van der Waals surface area (Å²) in [5.41, 5.74) is 8.51. The third kappa shape index (κ3) is 5.90. The summed E-state index contributed by atoms with van der Waals surface area (Å²) in [6, 6.07) is 15.3. The van der Waals surface area contributed by atoms with Crippen LogP contribution in [0.15, 0.2) is 67.1 Å². The minimum absolute atomic E-state index is 0. The molecule has 33 heavy (non-hydrogen) atoms. The van der Waals surface area contributed by atoms with Gasteiger partial charge in [0.25, 0.3) is 0 Å². The van der Waals surface area contributed by atoms with E-state index in [4.69, 9.17) is 10.5 Å². The van der Waals surface area contributed by atoms with E-state index in [-0.39, 0.29) is 25.6 Å². The zero-order valence-electron chi connectivity index (χ0n) is 17.3. The van der Waals surface area contributed by atoms with Gasteiger partial charge in [0.2, 0.25) is 0 Å². The number of hydrogen-bond donors (Lipinski definition) is 1. The van der Waals surface area contributed by atoms with Gasteiger partial charge in [-0.3, -0.25) is 0 Å². The van der Waals surface area contributed by atoms with Gasteiger partial charge in [0.05, 0.1) is 17.8 Å². The number of halogens is 4. The van der Waals surface area contributed by atoms with Crippen LogP contribution in [-0.4, -0.2) is 27.1 Å². The van der Waals surface area contributed by atoms with Gasteiger partial charge in [0.15, 0.2) is 0 Å². The predicted octanol–water partition coefficient (Wildman–Crippen LogP) is 4.62. The maximum atomic E-state index is 14.2. The lowest BCUT2D eigenvalue weighted by atomic mass is 10.1. The zero-order chi connectivity index (χ0) is 22.6. The Morgan fingerprint density at radius 2 is 1.88 bits per heavy atom. The molecule has 0 radical (unpaired) electrons. The van der Waals surface area contributed by atoms with E-state index in [1.165, 1.54) is 23.1 Å². The number of rotatable bonds is 6. The summed E-state index contributed by atoms with van der Waals surface area (Å²) in [5.74, 6) is 0.672. The molecule has 0 aliphatic carbocycles. The number of nitrogens with two attached hydrogens (primary N) is 1. The Morgan fingerprint density at radius 3 is 2.61 bits per heavy atom. The van der Waals surface area contributed by atoms with Gasteiger partial charge in [-0.1, -0.05) is 48.4 Å². The maximum absolute atomic E-state index is 14.2. The highest BCUT2D eigenvalue weighted by atomic mass is 35.5. The zero-order valence-corrected chi connectivity index (χ0v) is 18.2. The van der Waals surface area contributed by atoms with Crippen LogP contribution in [-0.2, 0) is 17.9 Å². The Bertz CT molecular complexity index is 1300. The minimum atomic E-state index is -3.32. The summed E-state index contributed by atoms with van der Waals surface area (Å²) in [6.45, 7) is -0.661. The number of aromatic nitrogens is 3. The van der Waals surface area contributed by atoms with E-state index in [0.717, 1.165) is 5.56 Å². The molecule has 0 bridgehead atoms. The average Bonchev–Trinajstić information content (AvgIpc) is 3.22. The first-order valence-corrected chi connectivity index (χ1v) is 9.80.